The van der Waals surface area contributed by atoms with Crippen LogP contribution in [0, 0.1) is 0 Å². The van der Waals surface area contributed by atoms with Crippen LogP contribution in [-0.2, 0) is 21.3 Å². The van der Waals surface area contributed by atoms with Crippen LogP contribution in [0.2, 0.25) is 0 Å². The first-order valence-electron chi connectivity index (χ1n) is 7.49. The number of nitrogens with one attached hydrogen (secondary N) is 1. The highest BCUT2D eigenvalue weighted by Crippen LogP contribution is 2.35. The number of nitrogens with zero attached hydrogens (tertiary/aromatic N) is 1. The minimum Gasteiger partial charge on any atom is -0.297 e. The topological polar surface area (TPSA) is 58.6 Å². The number of hydroxylamine groups is 2. The molecule has 23 heavy (non-hydrogen) atoms. The molecule has 2 heterocycles. The van der Waals surface area contributed by atoms with E-state index in [4.69, 9.17) is 4.84 Å². The maximum Gasteiger partial charge on any atom is 0.218 e. The van der Waals surface area contributed by atoms with Crippen molar-refractivity contribution in [3.8, 4) is 0 Å². The lowest BCUT2D eigenvalue weighted by Crippen LogP contribution is -2.39. The van der Waals surface area contributed by atoms with Gasteiger partial charge in [0.1, 0.15) is 5.25 Å². The molecule has 7 heteroatoms. The maximum atomic E-state index is 12.7. The summed E-state index contributed by atoms with van der Waals surface area (Å²) < 4.78 is 28.1. The van der Waals surface area contributed by atoms with Crippen molar-refractivity contribution in [2.75, 3.05) is 20.2 Å². The van der Waals surface area contributed by atoms with Gasteiger partial charge >= 0.3 is 0 Å². The molecule has 1 aliphatic heterocycles. The molecule has 124 valence electrons. The highest BCUT2D eigenvalue weighted by atomic mass is 32.2. The normalized spacial score (nSPS) is 22.5. The van der Waals surface area contributed by atoms with Gasteiger partial charge in [0.15, 0.2) is 0 Å². The zero-order chi connectivity index (χ0) is 16.3. The quantitative estimate of drug-likeness (QED) is 0.866. The van der Waals surface area contributed by atoms with E-state index in [1.807, 2.05) is 47.8 Å². The van der Waals surface area contributed by atoms with Crippen LogP contribution in [-0.4, -0.2) is 38.9 Å². The molecule has 0 aliphatic carbocycles. The van der Waals surface area contributed by atoms with E-state index in [1.165, 1.54) is 0 Å². The Hall–Kier alpha value is -1.25. The third-order valence-corrected chi connectivity index (χ3v) is 6.72. The second-order valence-electron chi connectivity index (χ2n) is 5.52. The van der Waals surface area contributed by atoms with Gasteiger partial charge in [0.25, 0.3) is 0 Å². The number of hydrogen-bond donors (Lipinski definition) is 1. The van der Waals surface area contributed by atoms with E-state index in [0.717, 1.165) is 10.4 Å². The van der Waals surface area contributed by atoms with Gasteiger partial charge in [-0.2, -0.15) is 5.06 Å². The first kappa shape index (κ1) is 16.6. The van der Waals surface area contributed by atoms with Gasteiger partial charge < -0.3 is 0 Å². The standard InChI is InChI=1S/C16H20N2O3S2/c1-18-16(14-8-5-11-22-14)15(12-21-18)23(19,20)17-10-9-13-6-3-2-4-7-13/h2-8,11,15-17H,9-10,12H2,1H3. The van der Waals surface area contributed by atoms with Crippen LogP contribution in [0.3, 0.4) is 0 Å². The fourth-order valence-electron chi connectivity index (χ4n) is 2.77. The first-order valence-corrected chi connectivity index (χ1v) is 9.92. The number of hydrogen-bond acceptors (Lipinski definition) is 5. The first-order chi connectivity index (χ1) is 11.1. The SMILES string of the molecule is CN1OCC(S(=O)(=O)NCCc2ccccc2)C1c1cccs1. The summed E-state index contributed by atoms with van der Waals surface area (Å²) in [6.07, 6.45) is 0.674. The number of rotatable bonds is 6. The molecule has 0 amide bonds. The van der Waals surface area contributed by atoms with E-state index < -0.39 is 15.3 Å². The van der Waals surface area contributed by atoms with Crippen molar-refractivity contribution in [2.24, 2.45) is 0 Å². The van der Waals surface area contributed by atoms with Crippen molar-refractivity contribution >= 4 is 21.4 Å². The molecule has 2 unspecified atom stereocenters. The number of benzene rings is 1. The summed E-state index contributed by atoms with van der Waals surface area (Å²) in [5.41, 5.74) is 1.12. The van der Waals surface area contributed by atoms with E-state index in [0.29, 0.717) is 13.0 Å². The van der Waals surface area contributed by atoms with Crippen molar-refractivity contribution in [1.82, 2.24) is 9.79 Å². The van der Waals surface area contributed by atoms with E-state index in [1.54, 1.807) is 23.4 Å². The molecule has 1 aromatic carbocycles. The van der Waals surface area contributed by atoms with Gasteiger partial charge in [0.2, 0.25) is 10.0 Å². The van der Waals surface area contributed by atoms with E-state index in [2.05, 4.69) is 4.72 Å². The Morgan fingerprint density at radius 1 is 1.26 bits per heavy atom. The summed E-state index contributed by atoms with van der Waals surface area (Å²) in [5, 5.41) is 3.00. The third-order valence-electron chi connectivity index (χ3n) is 3.98. The molecule has 0 radical (unpaired) electrons. The van der Waals surface area contributed by atoms with Crippen LogP contribution in [0.25, 0.3) is 0 Å². The molecular formula is C16H20N2O3S2. The van der Waals surface area contributed by atoms with Gasteiger partial charge in [-0.15, -0.1) is 11.3 Å². The smallest absolute Gasteiger partial charge is 0.218 e. The Morgan fingerprint density at radius 3 is 2.74 bits per heavy atom. The molecular weight excluding hydrogens is 332 g/mol. The lowest BCUT2D eigenvalue weighted by Gasteiger charge is -2.21. The second kappa shape index (κ2) is 7.11. The summed E-state index contributed by atoms with van der Waals surface area (Å²) in [4.78, 5) is 6.48. The molecule has 0 saturated carbocycles. The predicted molar refractivity (Wildman–Crippen MR) is 91.6 cm³/mol. The summed E-state index contributed by atoms with van der Waals surface area (Å²) in [6.45, 7) is 0.573. The van der Waals surface area contributed by atoms with Gasteiger partial charge in [-0.1, -0.05) is 36.4 Å². The molecule has 0 bridgehead atoms. The van der Waals surface area contributed by atoms with E-state index in [-0.39, 0.29) is 12.6 Å². The zero-order valence-corrected chi connectivity index (χ0v) is 14.5. The lowest BCUT2D eigenvalue weighted by molar-refractivity contribution is -0.110. The van der Waals surface area contributed by atoms with Crippen LogP contribution < -0.4 is 4.72 Å². The van der Waals surface area contributed by atoms with Crippen molar-refractivity contribution in [1.29, 1.82) is 0 Å². The van der Waals surface area contributed by atoms with Crippen LogP contribution in [0.4, 0.5) is 0 Å². The van der Waals surface area contributed by atoms with Gasteiger partial charge in [0.05, 0.1) is 12.6 Å². The number of thiophene rings is 1. The summed E-state index contributed by atoms with van der Waals surface area (Å²) in [7, 11) is -1.67. The van der Waals surface area contributed by atoms with Gasteiger partial charge in [-0.3, -0.25) is 4.84 Å². The Kier molecular flexibility index (Phi) is 5.13. The summed E-state index contributed by atoms with van der Waals surface area (Å²) in [5.74, 6) is 0. The summed E-state index contributed by atoms with van der Waals surface area (Å²) in [6, 6.07) is 13.5. The van der Waals surface area contributed by atoms with Crippen molar-refractivity contribution in [2.45, 2.75) is 17.7 Å². The van der Waals surface area contributed by atoms with Crippen molar-refractivity contribution < 1.29 is 13.3 Å². The average Bonchev–Trinajstić information content (AvgIpc) is 3.17. The molecule has 1 aromatic heterocycles. The summed E-state index contributed by atoms with van der Waals surface area (Å²) >= 11 is 1.55. The fraction of sp³-hybridized carbons (Fsp3) is 0.375. The maximum absolute atomic E-state index is 12.7. The molecule has 5 nitrogen and oxygen atoms in total. The second-order valence-corrected chi connectivity index (χ2v) is 8.48. The van der Waals surface area contributed by atoms with Crippen LogP contribution >= 0.6 is 11.3 Å². The highest BCUT2D eigenvalue weighted by molar-refractivity contribution is 7.90. The van der Waals surface area contributed by atoms with Gasteiger partial charge in [-0.05, 0) is 23.4 Å². The van der Waals surface area contributed by atoms with Crippen LogP contribution in [0.1, 0.15) is 16.5 Å². The molecule has 2 atom stereocenters. The molecule has 1 aliphatic rings. The molecule has 0 spiro atoms. The Bertz CT molecular complexity index is 717. The third kappa shape index (κ3) is 3.81. The van der Waals surface area contributed by atoms with Gasteiger partial charge in [-0.25, -0.2) is 13.1 Å². The minimum absolute atomic E-state index is 0.180. The number of sulfonamides is 1. The zero-order valence-electron chi connectivity index (χ0n) is 12.9. The Morgan fingerprint density at radius 2 is 2.04 bits per heavy atom. The molecule has 1 saturated heterocycles. The fourth-order valence-corrected chi connectivity index (χ4v) is 5.27. The van der Waals surface area contributed by atoms with Crippen molar-refractivity contribution in [3.63, 3.8) is 0 Å². The molecule has 2 aromatic rings. The van der Waals surface area contributed by atoms with Gasteiger partial charge in [0, 0.05) is 18.5 Å². The van der Waals surface area contributed by atoms with E-state index >= 15 is 0 Å². The lowest BCUT2D eigenvalue weighted by atomic mass is 10.2. The Labute approximate surface area is 140 Å². The van der Waals surface area contributed by atoms with Crippen LogP contribution in [0.15, 0.2) is 47.8 Å². The monoisotopic (exact) mass is 352 g/mol. The van der Waals surface area contributed by atoms with Crippen LogP contribution in [0.5, 0.6) is 0 Å². The van der Waals surface area contributed by atoms with Crippen molar-refractivity contribution in [3.05, 3.63) is 58.3 Å². The molecule has 3 rings (SSSR count). The highest BCUT2D eigenvalue weighted by Gasteiger charge is 2.43. The van der Waals surface area contributed by atoms with E-state index in [9.17, 15) is 8.42 Å². The molecule has 1 fully saturated rings. The largest absolute Gasteiger partial charge is 0.297 e. The molecule has 1 N–H and O–H groups in total. The predicted octanol–water partition coefficient (Wildman–Crippen LogP) is 2.20. The minimum atomic E-state index is -3.45. The average molecular weight is 352 g/mol. The Balaban J connectivity index is 1.66.